The second-order valence-electron chi connectivity index (χ2n) is 8.71. The lowest BCUT2D eigenvalue weighted by Crippen LogP contribution is -2.37. The summed E-state index contributed by atoms with van der Waals surface area (Å²) in [6.07, 6.45) is 0.922. The molecule has 186 valence electrons. The molecule has 2 aromatic rings. The molecule has 2 rings (SSSR count). The summed E-state index contributed by atoms with van der Waals surface area (Å²) in [6, 6.07) is 9.39. The number of ether oxygens (including phenoxy) is 3. The summed E-state index contributed by atoms with van der Waals surface area (Å²) >= 11 is 0. The van der Waals surface area contributed by atoms with E-state index in [0.717, 1.165) is 5.56 Å². The molecule has 0 radical (unpaired) electrons. The molecule has 0 saturated carbocycles. The van der Waals surface area contributed by atoms with Gasteiger partial charge in [0.2, 0.25) is 0 Å². The van der Waals surface area contributed by atoms with E-state index in [1.54, 1.807) is 39.0 Å². The van der Waals surface area contributed by atoms with Crippen LogP contribution < -0.4 is 0 Å². The lowest BCUT2D eigenvalue weighted by atomic mass is 10.0. The number of amides is 1. The Morgan fingerprint density at radius 1 is 0.829 bits per heavy atom. The van der Waals surface area contributed by atoms with Gasteiger partial charge in [-0.15, -0.1) is 0 Å². The van der Waals surface area contributed by atoms with Crippen LogP contribution >= 0.6 is 0 Å². The molecule has 35 heavy (non-hydrogen) atoms. The van der Waals surface area contributed by atoms with E-state index in [1.165, 1.54) is 37.3 Å². The Hall–Kier alpha value is -4.01. The van der Waals surface area contributed by atoms with Crippen molar-refractivity contribution in [1.29, 1.82) is 0 Å². The Kier molecular flexibility index (Phi) is 9.27. The van der Waals surface area contributed by atoms with Gasteiger partial charge in [-0.1, -0.05) is 18.2 Å². The molecule has 0 saturated heterocycles. The van der Waals surface area contributed by atoms with Gasteiger partial charge in [0.15, 0.2) is 12.6 Å². The van der Waals surface area contributed by atoms with Crippen molar-refractivity contribution in [3.63, 3.8) is 0 Å². The number of rotatable bonds is 9. The number of hydrogen-bond acceptors (Lipinski definition) is 8. The van der Waals surface area contributed by atoms with E-state index >= 15 is 0 Å². The Morgan fingerprint density at radius 3 is 2.00 bits per heavy atom. The van der Waals surface area contributed by atoms with Gasteiger partial charge in [-0.05, 0) is 56.5 Å². The van der Waals surface area contributed by atoms with Gasteiger partial charge in [0, 0.05) is 24.2 Å². The number of carbonyl (C=O) groups is 5. The molecule has 0 N–H and O–H groups in total. The number of carbonyl (C=O) groups excluding carboxylic acids is 5. The molecule has 0 aliphatic heterocycles. The van der Waals surface area contributed by atoms with E-state index in [4.69, 9.17) is 14.2 Å². The van der Waals surface area contributed by atoms with Crippen LogP contribution in [-0.4, -0.2) is 61.9 Å². The van der Waals surface area contributed by atoms with Crippen LogP contribution in [0.15, 0.2) is 36.4 Å². The minimum absolute atomic E-state index is 0.0955. The maximum absolute atomic E-state index is 12.9. The lowest BCUT2D eigenvalue weighted by molar-refractivity contribution is 0.0235. The summed E-state index contributed by atoms with van der Waals surface area (Å²) in [4.78, 5) is 61.0. The Bertz CT molecular complexity index is 1120. The minimum Gasteiger partial charge on any atom is -0.465 e. The van der Waals surface area contributed by atoms with E-state index in [0.29, 0.717) is 24.6 Å². The van der Waals surface area contributed by atoms with Crippen LogP contribution in [0.2, 0.25) is 0 Å². The van der Waals surface area contributed by atoms with Crippen molar-refractivity contribution in [2.75, 3.05) is 20.8 Å². The Labute approximate surface area is 204 Å². The maximum Gasteiger partial charge on any atom is 0.410 e. The number of nitrogens with zero attached hydrogens (tertiary/aromatic N) is 1. The highest BCUT2D eigenvalue weighted by molar-refractivity contribution is 5.99. The molecule has 0 bridgehead atoms. The predicted octanol–water partition coefficient (Wildman–Crippen LogP) is 3.86. The average Bonchev–Trinajstić information content (AvgIpc) is 2.83. The normalized spacial score (nSPS) is 10.8. The van der Waals surface area contributed by atoms with Crippen molar-refractivity contribution in [3.05, 3.63) is 69.8 Å². The zero-order chi connectivity index (χ0) is 26.2. The van der Waals surface area contributed by atoms with Gasteiger partial charge in [-0.3, -0.25) is 9.59 Å². The molecule has 2 aromatic carbocycles. The molecule has 0 spiro atoms. The van der Waals surface area contributed by atoms with Crippen molar-refractivity contribution in [2.45, 2.75) is 39.3 Å². The molecule has 0 fully saturated rings. The second-order valence-corrected chi connectivity index (χ2v) is 8.71. The standard InChI is InChI=1S/C26H29NO8/c1-26(2,3)35-25(32)27(14-18-6-8-19(15-28)22(13-18)24(31)34-5)11-10-17-7-9-21(23(30)33-4)20(12-17)16-29/h6-9,12-13,15-16H,10-11,14H2,1-5H3. The smallest absolute Gasteiger partial charge is 0.410 e. The lowest BCUT2D eigenvalue weighted by Gasteiger charge is -2.28. The third-order valence-corrected chi connectivity index (χ3v) is 4.99. The highest BCUT2D eigenvalue weighted by atomic mass is 16.6. The first kappa shape index (κ1) is 27.2. The van der Waals surface area contributed by atoms with Crippen molar-refractivity contribution in [1.82, 2.24) is 4.90 Å². The number of methoxy groups -OCH3 is 2. The Balaban J connectivity index is 2.32. The van der Waals surface area contributed by atoms with E-state index in [1.807, 2.05) is 0 Å². The second kappa shape index (κ2) is 11.9. The first-order valence-corrected chi connectivity index (χ1v) is 10.8. The zero-order valence-corrected chi connectivity index (χ0v) is 20.5. The fourth-order valence-electron chi connectivity index (χ4n) is 3.30. The van der Waals surface area contributed by atoms with Crippen molar-refractivity contribution in [2.24, 2.45) is 0 Å². The van der Waals surface area contributed by atoms with Crippen LogP contribution in [0.25, 0.3) is 0 Å². The summed E-state index contributed by atoms with van der Waals surface area (Å²) in [5.41, 5.74) is 1.19. The van der Waals surface area contributed by atoms with Gasteiger partial charge >= 0.3 is 18.0 Å². The largest absolute Gasteiger partial charge is 0.465 e. The van der Waals surface area contributed by atoms with Crippen LogP contribution in [0.5, 0.6) is 0 Å². The van der Waals surface area contributed by atoms with Gasteiger partial charge in [0.25, 0.3) is 0 Å². The number of benzene rings is 2. The van der Waals surface area contributed by atoms with Crippen LogP contribution in [0, 0.1) is 0 Å². The van der Waals surface area contributed by atoms with Gasteiger partial charge in [0.1, 0.15) is 5.60 Å². The molecular formula is C26H29NO8. The number of esters is 2. The zero-order valence-electron chi connectivity index (χ0n) is 20.5. The molecule has 9 heteroatoms. The Morgan fingerprint density at radius 2 is 1.43 bits per heavy atom. The topological polar surface area (TPSA) is 116 Å². The van der Waals surface area contributed by atoms with E-state index in [9.17, 15) is 24.0 Å². The first-order chi connectivity index (χ1) is 16.5. The molecule has 0 unspecified atom stereocenters. The van der Waals surface area contributed by atoms with Crippen molar-refractivity contribution < 1.29 is 38.2 Å². The third kappa shape index (κ3) is 7.49. The maximum atomic E-state index is 12.9. The molecule has 1 amide bonds. The fraction of sp³-hybridized carbons (Fsp3) is 0.346. The van der Waals surface area contributed by atoms with E-state index in [-0.39, 0.29) is 35.3 Å². The summed E-state index contributed by atoms with van der Waals surface area (Å²) in [5.74, 6) is -1.28. The van der Waals surface area contributed by atoms with Crippen molar-refractivity contribution in [3.8, 4) is 0 Å². The highest BCUT2D eigenvalue weighted by Gasteiger charge is 2.23. The highest BCUT2D eigenvalue weighted by Crippen LogP contribution is 2.18. The van der Waals surface area contributed by atoms with Crippen molar-refractivity contribution >= 4 is 30.6 Å². The average molecular weight is 484 g/mol. The van der Waals surface area contributed by atoms with Crippen LogP contribution in [0.1, 0.15) is 73.3 Å². The molecule has 0 aromatic heterocycles. The van der Waals surface area contributed by atoms with Crippen LogP contribution in [0.4, 0.5) is 4.79 Å². The van der Waals surface area contributed by atoms with E-state index in [2.05, 4.69) is 0 Å². The molecule has 0 aliphatic carbocycles. The molecule has 0 aliphatic rings. The fourth-order valence-corrected chi connectivity index (χ4v) is 3.30. The molecule has 0 heterocycles. The summed E-state index contributed by atoms with van der Waals surface area (Å²) < 4.78 is 15.0. The van der Waals surface area contributed by atoms with Gasteiger partial charge in [0.05, 0.1) is 25.3 Å². The van der Waals surface area contributed by atoms with E-state index < -0.39 is 23.6 Å². The first-order valence-electron chi connectivity index (χ1n) is 10.8. The van der Waals surface area contributed by atoms with Gasteiger partial charge in [-0.25, -0.2) is 14.4 Å². The predicted molar refractivity (Wildman–Crippen MR) is 127 cm³/mol. The van der Waals surface area contributed by atoms with Gasteiger partial charge < -0.3 is 19.1 Å². The van der Waals surface area contributed by atoms with Crippen LogP contribution in [0.3, 0.4) is 0 Å². The SMILES string of the molecule is COC(=O)c1ccc(CCN(Cc2ccc(C=O)c(C(=O)OC)c2)C(=O)OC(C)(C)C)cc1C=O. The monoisotopic (exact) mass is 483 g/mol. The third-order valence-electron chi connectivity index (χ3n) is 4.99. The summed E-state index contributed by atoms with van der Waals surface area (Å²) in [6.45, 7) is 5.56. The molecule has 0 atom stereocenters. The van der Waals surface area contributed by atoms with Crippen LogP contribution in [-0.2, 0) is 27.2 Å². The number of hydrogen-bond donors (Lipinski definition) is 0. The summed E-state index contributed by atoms with van der Waals surface area (Å²) in [7, 11) is 2.45. The summed E-state index contributed by atoms with van der Waals surface area (Å²) in [5, 5.41) is 0. The van der Waals surface area contributed by atoms with Gasteiger partial charge in [-0.2, -0.15) is 0 Å². The molecular weight excluding hydrogens is 454 g/mol. The molecule has 9 nitrogen and oxygen atoms in total. The minimum atomic E-state index is -0.735. The number of aldehydes is 2. The quantitative estimate of drug-likeness (QED) is 0.300.